The van der Waals surface area contributed by atoms with Crippen molar-refractivity contribution in [2.75, 3.05) is 7.11 Å². The van der Waals surface area contributed by atoms with Crippen LogP contribution in [0.25, 0.3) is 11.3 Å². The van der Waals surface area contributed by atoms with E-state index in [1.807, 2.05) is 30.5 Å². The van der Waals surface area contributed by atoms with Crippen molar-refractivity contribution in [3.05, 3.63) is 65.6 Å². The van der Waals surface area contributed by atoms with Gasteiger partial charge in [0.2, 0.25) is 0 Å². The van der Waals surface area contributed by atoms with Crippen LogP contribution in [0, 0.1) is 0 Å². The highest BCUT2D eigenvalue weighted by molar-refractivity contribution is 5.93. The van der Waals surface area contributed by atoms with E-state index >= 15 is 0 Å². The van der Waals surface area contributed by atoms with Crippen molar-refractivity contribution in [2.45, 2.75) is 25.3 Å². The number of hydrogen-bond donors (Lipinski definition) is 2. The van der Waals surface area contributed by atoms with Gasteiger partial charge < -0.3 is 10.1 Å². The van der Waals surface area contributed by atoms with Crippen molar-refractivity contribution in [3.8, 4) is 17.0 Å². The maximum Gasteiger partial charge on any atom is 0.269 e. The molecule has 4 rings (SSSR count). The number of benzene rings is 1. The Labute approximate surface area is 151 Å². The van der Waals surface area contributed by atoms with Gasteiger partial charge in [-0.1, -0.05) is 18.2 Å². The number of hydrogen-bond acceptors (Lipinski definition) is 4. The van der Waals surface area contributed by atoms with Crippen LogP contribution in [-0.4, -0.2) is 28.2 Å². The number of rotatable bonds is 6. The fraction of sp³-hybridized carbons (Fsp3) is 0.250. The van der Waals surface area contributed by atoms with E-state index in [0.717, 1.165) is 11.1 Å². The van der Waals surface area contributed by atoms with Gasteiger partial charge in [0.25, 0.3) is 5.91 Å². The van der Waals surface area contributed by atoms with E-state index in [1.54, 1.807) is 19.4 Å². The predicted octanol–water partition coefficient (Wildman–Crippen LogP) is 3.29. The number of methoxy groups -OCH3 is 1. The van der Waals surface area contributed by atoms with E-state index in [0.29, 0.717) is 29.6 Å². The molecule has 1 aromatic carbocycles. The number of pyridine rings is 1. The van der Waals surface area contributed by atoms with E-state index in [-0.39, 0.29) is 5.91 Å². The Kier molecular flexibility index (Phi) is 4.39. The molecule has 0 atom stereocenters. The Morgan fingerprint density at radius 3 is 2.92 bits per heavy atom. The SMILES string of the molecule is COc1ccccc1-c1cc(C(=O)NCc2cncc(C3CC3)c2)[nH]n1. The maximum absolute atomic E-state index is 12.4. The number of H-pyrrole nitrogens is 1. The zero-order valence-corrected chi connectivity index (χ0v) is 14.5. The average Bonchev–Trinajstić information content (AvgIpc) is 3.43. The topological polar surface area (TPSA) is 79.9 Å². The normalized spacial score (nSPS) is 13.4. The van der Waals surface area contributed by atoms with E-state index < -0.39 is 0 Å². The van der Waals surface area contributed by atoms with Crippen molar-refractivity contribution in [3.63, 3.8) is 0 Å². The van der Waals surface area contributed by atoms with Crippen molar-refractivity contribution >= 4 is 5.91 Å². The average molecular weight is 348 g/mol. The monoisotopic (exact) mass is 348 g/mol. The quantitative estimate of drug-likeness (QED) is 0.716. The molecular formula is C20H20N4O2. The highest BCUT2D eigenvalue weighted by atomic mass is 16.5. The molecule has 1 aliphatic carbocycles. The molecule has 2 heterocycles. The van der Waals surface area contributed by atoms with Gasteiger partial charge in [0.1, 0.15) is 11.4 Å². The summed E-state index contributed by atoms with van der Waals surface area (Å²) in [4.78, 5) is 16.7. The molecule has 0 saturated heterocycles. The van der Waals surface area contributed by atoms with Gasteiger partial charge in [0.05, 0.1) is 12.8 Å². The molecular weight excluding hydrogens is 328 g/mol. The first-order valence-corrected chi connectivity index (χ1v) is 8.65. The smallest absolute Gasteiger partial charge is 0.269 e. The molecule has 6 nitrogen and oxygen atoms in total. The van der Waals surface area contributed by atoms with Gasteiger partial charge in [-0.15, -0.1) is 0 Å². The highest BCUT2D eigenvalue weighted by Gasteiger charge is 2.23. The number of ether oxygens (including phenoxy) is 1. The lowest BCUT2D eigenvalue weighted by Crippen LogP contribution is -2.23. The number of aromatic amines is 1. The minimum atomic E-state index is -0.199. The van der Waals surface area contributed by atoms with Crippen molar-refractivity contribution in [2.24, 2.45) is 0 Å². The molecule has 1 aliphatic rings. The fourth-order valence-corrected chi connectivity index (χ4v) is 2.95. The summed E-state index contributed by atoms with van der Waals surface area (Å²) in [6.07, 6.45) is 6.17. The molecule has 1 saturated carbocycles. The Hall–Kier alpha value is -3.15. The predicted molar refractivity (Wildman–Crippen MR) is 98.0 cm³/mol. The summed E-state index contributed by atoms with van der Waals surface area (Å²) < 4.78 is 5.35. The Morgan fingerprint density at radius 2 is 2.12 bits per heavy atom. The molecule has 132 valence electrons. The molecule has 1 fully saturated rings. The summed E-state index contributed by atoms with van der Waals surface area (Å²) in [7, 11) is 1.61. The van der Waals surface area contributed by atoms with E-state index in [1.165, 1.54) is 18.4 Å². The second kappa shape index (κ2) is 7.00. The second-order valence-electron chi connectivity index (χ2n) is 6.45. The third-order valence-electron chi connectivity index (χ3n) is 4.52. The van der Waals surface area contributed by atoms with Crippen molar-refractivity contribution in [1.29, 1.82) is 0 Å². The lowest BCUT2D eigenvalue weighted by molar-refractivity contribution is 0.0946. The van der Waals surface area contributed by atoms with Gasteiger partial charge >= 0.3 is 0 Å². The summed E-state index contributed by atoms with van der Waals surface area (Å²) in [5.41, 5.74) is 4.19. The fourth-order valence-electron chi connectivity index (χ4n) is 2.95. The van der Waals surface area contributed by atoms with Gasteiger partial charge in [-0.25, -0.2) is 0 Å². The molecule has 3 aromatic rings. The van der Waals surface area contributed by atoms with E-state index in [4.69, 9.17) is 4.74 Å². The number of amides is 1. The third kappa shape index (κ3) is 3.44. The summed E-state index contributed by atoms with van der Waals surface area (Å²) in [5.74, 6) is 1.17. The Morgan fingerprint density at radius 1 is 1.27 bits per heavy atom. The minimum absolute atomic E-state index is 0.199. The Bertz CT molecular complexity index is 931. The first kappa shape index (κ1) is 16.3. The maximum atomic E-state index is 12.4. The summed E-state index contributed by atoms with van der Waals surface area (Å²) in [6.45, 7) is 0.440. The first-order chi connectivity index (χ1) is 12.7. The number of nitrogens with one attached hydrogen (secondary N) is 2. The van der Waals surface area contributed by atoms with Crippen LogP contribution in [0.5, 0.6) is 5.75 Å². The van der Waals surface area contributed by atoms with Gasteiger partial charge in [-0.3, -0.25) is 14.9 Å². The molecule has 0 unspecified atom stereocenters. The van der Waals surface area contributed by atoms with Crippen LogP contribution in [0.4, 0.5) is 0 Å². The molecule has 2 aromatic heterocycles. The molecule has 26 heavy (non-hydrogen) atoms. The van der Waals surface area contributed by atoms with Crippen LogP contribution < -0.4 is 10.1 Å². The zero-order chi connectivity index (χ0) is 17.9. The second-order valence-corrected chi connectivity index (χ2v) is 6.45. The van der Waals surface area contributed by atoms with Crippen molar-refractivity contribution < 1.29 is 9.53 Å². The molecule has 0 spiro atoms. The molecule has 1 amide bonds. The number of aromatic nitrogens is 3. The number of nitrogens with zero attached hydrogens (tertiary/aromatic N) is 2. The van der Waals surface area contributed by atoms with Crippen molar-refractivity contribution in [1.82, 2.24) is 20.5 Å². The zero-order valence-electron chi connectivity index (χ0n) is 14.5. The largest absolute Gasteiger partial charge is 0.496 e. The molecule has 0 aliphatic heterocycles. The van der Waals surface area contributed by atoms with Gasteiger partial charge in [-0.2, -0.15) is 5.10 Å². The lowest BCUT2D eigenvalue weighted by atomic mass is 10.1. The minimum Gasteiger partial charge on any atom is -0.496 e. The van der Waals surface area contributed by atoms with Crippen LogP contribution in [0.1, 0.15) is 40.4 Å². The van der Waals surface area contributed by atoms with E-state index in [2.05, 4.69) is 26.6 Å². The molecule has 0 radical (unpaired) electrons. The number of carbonyl (C=O) groups is 1. The van der Waals surface area contributed by atoms with Gasteiger partial charge in [0.15, 0.2) is 0 Å². The number of para-hydroxylation sites is 1. The Balaban J connectivity index is 1.44. The van der Waals surface area contributed by atoms with Crippen LogP contribution in [-0.2, 0) is 6.54 Å². The molecule has 6 heteroatoms. The number of carbonyl (C=O) groups excluding carboxylic acids is 1. The van der Waals surface area contributed by atoms with Crippen LogP contribution in [0.15, 0.2) is 48.8 Å². The van der Waals surface area contributed by atoms with Gasteiger partial charge in [-0.05, 0) is 48.1 Å². The summed E-state index contributed by atoms with van der Waals surface area (Å²) >= 11 is 0. The highest BCUT2D eigenvalue weighted by Crippen LogP contribution is 2.39. The molecule has 2 N–H and O–H groups in total. The van der Waals surface area contributed by atoms with E-state index in [9.17, 15) is 4.79 Å². The third-order valence-corrected chi connectivity index (χ3v) is 4.52. The van der Waals surface area contributed by atoms with Crippen LogP contribution in [0.2, 0.25) is 0 Å². The van der Waals surface area contributed by atoms with Crippen LogP contribution in [0.3, 0.4) is 0 Å². The lowest BCUT2D eigenvalue weighted by Gasteiger charge is -2.05. The van der Waals surface area contributed by atoms with Crippen LogP contribution >= 0.6 is 0 Å². The van der Waals surface area contributed by atoms with Gasteiger partial charge in [0, 0.05) is 24.5 Å². The summed E-state index contributed by atoms with van der Waals surface area (Å²) in [6, 6.07) is 11.4. The first-order valence-electron chi connectivity index (χ1n) is 8.65. The summed E-state index contributed by atoms with van der Waals surface area (Å²) in [5, 5.41) is 9.95. The standard InChI is InChI=1S/C20H20N4O2/c1-26-19-5-3-2-4-16(19)17-9-18(24-23-17)20(25)22-11-13-8-15(12-21-10-13)14-6-7-14/h2-5,8-10,12,14H,6-7,11H2,1H3,(H,22,25)(H,23,24). The molecule has 0 bridgehead atoms.